The molecule has 1 fully saturated rings. The molecule has 0 amide bonds. The summed E-state index contributed by atoms with van der Waals surface area (Å²) in [5.74, 6) is 0.689. The number of aromatic nitrogens is 2. The van der Waals surface area contributed by atoms with Gasteiger partial charge in [-0.1, -0.05) is 25.4 Å². The number of nitrogens with zero attached hydrogens (tertiary/aromatic N) is 2. The smallest absolute Gasteiger partial charge is 0.131 e. The highest BCUT2D eigenvalue weighted by Crippen LogP contribution is 2.22. The number of halogens is 1. The van der Waals surface area contributed by atoms with Crippen LogP contribution in [-0.4, -0.2) is 28.5 Å². The monoisotopic (exact) mass is 299 g/mol. The normalized spacial score (nSPS) is 23.5. The first kappa shape index (κ1) is 15.8. The molecule has 1 N–H and O–H groups in total. The van der Waals surface area contributed by atoms with Gasteiger partial charge in [0.25, 0.3) is 0 Å². The SMILES string of the molecule is Cc1nn(C)c(Cl)c1CNC1CCOC(CC(C)C)C1. The number of rotatable bonds is 5. The van der Waals surface area contributed by atoms with E-state index >= 15 is 0 Å². The maximum atomic E-state index is 6.27. The molecule has 1 aromatic heterocycles. The molecule has 1 saturated heterocycles. The summed E-state index contributed by atoms with van der Waals surface area (Å²) < 4.78 is 7.58. The topological polar surface area (TPSA) is 39.1 Å². The van der Waals surface area contributed by atoms with E-state index in [0.717, 1.165) is 48.8 Å². The van der Waals surface area contributed by atoms with Crippen molar-refractivity contribution in [2.24, 2.45) is 13.0 Å². The van der Waals surface area contributed by atoms with E-state index in [1.165, 1.54) is 0 Å². The summed E-state index contributed by atoms with van der Waals surface area (Å²) in [5, 5.41) is 8.70. The predicted molar refractivity (Wildman–Crippen MR) is 82.0 cm³/mol. The van der Waals surface area contributed by atoms with Gasteiger partial charge in [0.2, 0.25) is 0 Å². The molecule has 2 rings (SSSR count). The Labute approximate surface area is 126 Å². The lowest BCUT2D eigenvalue weighted by Gasteiger charge is -2.31. The molecule has 0 saturated carbocycles. The molecule has 1 aromatic rings. The standard InChI is InChI=1S/C15H26ClN3O/c1-10(2)7-13-8-12(5-6-20-13)17-9-14-11(3)18-19(4)15(14)16/h10,12-13,17H,5-9H2,1-4H3. The van der Waals surface area contributed by atoms with Gasteiger partial charge in [-0.05, 0) is 32.1 Å². The van der Waals surface area contributed by atoms with Crippen LogP contribution in [0, 0.1) is 12.8 Å². The molecule has 0 aromatic carbocycles. The molecule has 114 valence electrons. The van der Waals surface area contributed by atoms with Gasteiger partial charge in [0.05, 0.1) is 11.8 Å². The Bertz CT molecular complexity index is 445. The van der Waals surface area contributed by atoms with Crippen molar-refractivity contribution in [1.82, 2.24) is 15.1 Å². The highest BCUT2D eigenvalue weighted by Gasteiger charge is 2.23. The summed E-state index contributed by atoms with van der Waals surface area (Å²) in [5.41, 5.74) is 2.12. The number of ether oxygens (including phenoxy) is 1. The van der Waals surface area contributed by atoms with Crippen LogP contribution in [0.3, 0.4) is 0 Å². The number of hydrogen-bond donors (Lipinski definition) is 1. The van der Waals surface area contributed by atoms with Crippen LogP contribution in [0.1, 0.15) is 44.4 Å². The molecule has 1 aliphatic rings. The number of hydrogen-bond acceptors (Lipinski definition) is 3. The van der Waals surface area contributed by atoms with Crippen molar-refractivity contribution in [1.29, 1.82) is 0 Å². The van der Waals surface area contributed by atoms with Crippen molar-refractivity contribution in [3.8, 4) is 0 Å². The summed E-state index contributed by atoms with van der Waals surface area (Å²) in [6, 6.07) is 0.517. The third-order valence-corrected chi connectivity index (χ3v) is 4.41. The lowest BCUT2D eigenvalue weighted by atomic mass is 9.96. The molecule has 5 heteroatoms. The summed E-state index contributed by atoms with van der Waals surface area (Å²) in [4.78, 5) is 0. The third-order valence-electron chi connectivity index (χ3n) is 3.94. The maximum Gasteiger partial charge on any atom is 0.131 e. The van der Waals surface area contributed by atoms with E-state index in [1.807, 2.05) is 14.0 Å². The zero-order chi connectivity index (χ0) is 14.7. The summed E-state index contributed by atoms with van der Waals surface area (Å²) >= 11 is 6.27. The average Bonchev–Trinajstić information content (AvgIpc) is 2.61. The first-order valence-electron chi connectivity index (χ1n) is 7.50. The number of nitrogens with one attached hydrogen (secondary N) is 1. The van der Waals surface area contributed by atoms with E-state index in [9.17, 15) is 0 Å². The Morgan fingerprint density at radius 2 is 2.25 bits per heavy atom. The second-order valence-electron chi connectivity index (χ2n) is 6.20. The lowest BCUT2D eigenvalue weighted by molar-refractivity contribution is -0.00957. The zero-order valence-corrected chi connectivity index (χ0v) is 13.7. The predicted octanol–water partition coefficient (Wildman–Crippen LogP) is 3.07. The van der Waals surface area contributed by atoms with Crippen molar-refractivity contribution in [2.75, 3.05) is 6.61 Å². The molecule has 20 heavy (non-hydrogen) atoms. The fourth-order valence-electron chi connectivity index (χ4n) is 2.88. The zero-order valence-electron chi connectivity index (χ0n) is 12.9. The van der Waals surface area contributed by atoms with Gasteiger partial charge in [-0.2, -0.15) is 5.10 Å². The minimum Gasteiger partial charge on any atom is -0.378 e. The molecular formula is C15H26ClN3O. The lowest BCUT2D eigenvalue weighted by Crippen LogP contribution is -2.39. The molecule has 4 nitrogen and oxygen atoms in total. The fraction of sp³-hybridized carbons (Fsp3) is 0.800. The first-order chi connectivity index (χ1) is 9.47. The van der Waals surface area contributed by atoms with Crippen LogP contribution in [0.5, 0.6) is 0 Å². The highest BCUT2D eigenvalue weighted by molar-refractivity contribution is 6.30. The average molecular weight is 300 g/mol. The molecule has 2 heterocycles. The second kappa shape index (κ2) is 6.92. The summed E-state index contributed by atoms with van der Waals surface area (Å²) in [6.07, 6.45) is 3.71. The Morgan fingerprint density at radius 1 is 1.50 bits per heavy atom. The van der Waals surface area contributed by atoms with Crippen molar-refractivity contribution >= 4 is 11.6 Å². The number of aryl methyl sites for hydroxylation is 2. The van der Waals surface area contributed by atoms with E-state index in [-0.39, 0.29) is 0 Å². The van der Waals surface area contributed by atoms with Crippen molar-refractivity contribution in [3.05, 3.63) is 16.4 Å². The van der Waals surface area contributed by atoms with Crippen molar-refractivity contribution in [3.63, 3.8) is 0 Å². The molecule has 0 radical (unpaired) electrons. The van der Waals surface area contributed by atoms with Crippen LogP contribution < -0.4 is 5.32 Å². The summed E-state index contributed by atoms with van der Waals surface area (Å²) in [6.45, 7) is 8.15. The Kier molecular flexibility index (Phi) is 5.47. The molecule has 1 aliphatic heterocycles. The highest BCUT2D eigenvalue weighted by atomic mass is 35.5. The van der Waals surface area contributed by atoms with Gasteiger partial charge >= 0.3 is 0 Å². The van der Waals surface area contributed by atoms with Gasteiger partial charge in [0.15, 0.2) is 0 Å². The molecule has 0 aliphatic carbocycles. The van der Waals surface area contributed by atoms with Crippen LogP contribution in [0.15, 0.2) is 0 Å². The molecule has 2 atom stereocenters. The Morgan fingerprint density at radius 3 is 2.85 bits per heavy atom. The van der Waals surface area contributed by atoms with Crippen LogP contribution in [0.4, 0.5) is 0 Å². The molecule has 2 unspecified atom stereocenters. The van der Waals surface area contributed by atoms with Crippen LogP contribution in [0.2, 0.25) is 5.15 Å². The second-order valence-corrected chi connectivity index (χ2v) is 6.56. The fourth-order valence-corrected chi connectivity index (χ4v) is 3.12. The van der Waals surface area contributed by atoms with E-state index in [4.69, 9.17) is 16.3 Å². The van der Waals surface area contributed by atoms with Crippen molar-refractivity contribution in [2.45, 2.75) is 58.7 Å². The maximum absolute atomic E-state index is 6.27. The van der Waals surface area contributed by atoms with E-state index in [2.05, 4.69) is 24.3 Å². The van der Waals surface area contributed by atoms with Gasteiger partial charge in [0.1, 0.15) is 5.15 Å². The Balaban J connectivity index is 1.87. The molecule has 0 bridgehead atoms. The van der Waals surface area contributed by atoms with Crippen molar-refractivity contribution < 1.29 is 4.74 Å². The molecular weight excluding hydrogens is 274 g/mol. The van der Waals surface area contributed by atoms with Gasteiger partial charge in [-0.25, -0.2) is 0 Å². The summed E-state index contributed by atoms with van der Waals surface area (Å²) in [7, 11) is 1.88. The van der Waals surface area contributed by atoms with Gasteiger partial charge < -0.3 is 10.1 Å². The first-order valence-corrected chi connectivity index (χ1v) is 7.88. The van der Waals surface area contributed by atoms with Gasteiger partial charge in [0, 0.05) is 31.8 Å². The van der Waals surface area contributed by atoms with Gasteiger partial charge in [-0.15, -0.1) is 0 Å². The minimum absolute atomic E-state index is 0.395. The van der Waals surface area contributed by atoms with E-state index < -0.39 is 0 Å². The van der Waals surface area contributed by atoms with Crippen LogP contribution in [-0.2, 0) is 18.3 Å². The van der Waals surface area contributed by atoms with Gasteiger partial charge in [-0.3, -0.25) is 4.68 Å². The van der Waals surface area contributed by atoms with E-state index in [1.54, 1.807) is 4.68 Å². The third kappa shape index (κ3) is 3.96. The largest absolute Gasteiger partial charge is 0.378 e. The van der Waals surface area contributed by atoms with Crippen LogP contribution >= 0.6 is 11.6 Å². The van der Waals surface area contributed by atoms with Crippen LogP contribution in [0.25, 0.3) is 0 Å². The quantitative estimate of drug-likeness (QED) is 0.908. The molecule has 0 spiro atoms. The minimum atomic E-state index is 0.395. The van der Waals surface area contributed by atoms with E-state index in [0.29, 0.717) is 18.1 Å². The Hall–Kier alpha value is -0.580.